The van der Waals surface area contributed by atoms with Gasteiger partial charge >= 0.3 is 0 Å². The monoisotopic (exact) mass is 245 g/mol. The second-order valence-corrected chi connectivity index (χ2v) is 4.78. The second-order valence-electron chi connectivity index (χ2n) is 4.78. The van der Waals surface area contributed by atoms with Crippen LogP contribution in [0.25, 0.3) is 21.9 Å². The summed E-state index contributed by atoms with van der Waals surface area (Å²) < 4.78 is 0. The Morgan fingerprint density at radius 2 is 1.63 bits per heavy atom. The average Bonchev–Trinajstić information content (AvgIpc) is 2.46. The molecular formula is C18H15N. The Bertz CT molecular complexity index is 708. The van der Waals surface area contributed by atoms with Gasteiger partial charge in [0.1, 0.15) is 0 Å². The lowest BCUT2D eigenvalue weighted by Gasteiger charge is -2.18. The van der Waals surface area contributed by atoms with Gasteiger partial charge in [-0.05, 0) is 29.1 Å². The standard InChI is InChI=1S/C18H15N/c1-19(2)18-13-6-5-11-17(18)16-12-7-9-14-8-3-4-10-15(14)16/h3,5-9,11-13H,1-2H3. The van der Waals surface area contributed by atoms with E-state index in [4.69, 9.17) is 0 Å². The van der Waals surface area contributed by atoms with Gasteiger partial charge in [-0.3, -0.25) is 0 Å². The van der Waals surface area contributed by atoms with Crippen LogP contribution in [0.1, 0.15) is 0 Å². The third kappa shape index (κ3) is 2.02. The number of fused-ring (bicyclic) bond motifs is 1. The fourth-order valence-electron chi connectivity index (χ4n) is 2.41. The van der Waals surface area contributed by atoms with Crippen molar-refractivity contribution in [3.63, 3.8) is 0 Å². The molecule has 0 heterocycles. The van der Waals surface area contributed by atoms with Crippen molar-refractivity contribution < 1.29 is 0 Å². The van der Waals surface area contributed by atoms with Gasteiger partial charge in [0.05, 0.1) is 0 Å². The molecule has 0 bridgehead atoms. The molecule has 0 aliphatic rings. The molecule has 0 saturated carbocycles. The summed E-state index contributed by atoms with van der Waals surface area (Å²) >= 11 is 0. The van der Waals surface area contributed by atoms with E-state index in [9.17, 15) is 0 Å². The smallest absolute Gasteiger partial charge is 0.0441 e. The highest BCUT2D eigenvalue weighted by Crippen LogP contribution is 2.33. The lowest BCUT2D eigenvalue weighted by atomic mass is 9.98. The van der Waals surface area contributed by atoms with Gasteiger partial charge in [0.25, 0.3) is 0 Å². The molecule has 0 aliphatic carbocycles. The highest BCUT2D eigenvalue weighted by atomic mass is 15.1. The van der Waals surface area contributed by atoms with Crippen LogP contribution < -0.4 is 4.90 Å². The van der Waals surface area contributed by atoms with Crippen molar-refractivity contribution in [2.75, 3.05) is 19.0 Å². The lowest BCUT2D eigenvalue weighted by molar-refractivity contribution is 1.13. The van der Waals surface area contributed by atoms with Gasteiger partial charge in [0.2, 0.25) is 0 Å². The molecule has 92 valence electrons. The van der Waals surface area contributed by atoms with Crippen LogP contribution in [0.5, 0.6) is 0 Å². The van der Waals surface area contributed by atoms with Crippen LogP contribution in [-0.2, 0) is 0 Å². The molecule has 1 heteroatoms. The number of benzene rings is 2. The molecule has 0 fully saturated rings. The molecule has 0 saturated heterocycles. The van der Waals surface area contributed by atoms with Crippen LogP contribution in [0.4, 0.5) is 5.69 Å². The third-order valence-corrected chi connectivity index (χ3v) is 3.32. The largest absolute Gasteiger partial charge is 0.377 e. The molecule has 19 heavy (non-hydrogen) atoms. The van der Waals surface area contributed by atoms with Gasteiger partial charge < -0.3 is 4.90 Å². The Kier molecular flexibility index (Phi) is 2.85. The first-order valence-corrected chi connectivity index (χ1v) is 6.35. The first-order valence-electron chi connectivity index (χ1n) is 6.35. The van der Waals surface area contributed by atoms with E-state index >= 15 is 0 Å². The number of hydrogen-bond acceptors (Lipinski definition) is 1. The van der Waals surface area contributed by atoms with Crippen LogP contribution in [0.15, 0.2) is 54.6 Å². The Labute approximate surface area is 114 Å². The van der Waals surface area contributed by atoms with Gasteiger partial charge in [0.15, 0.2) is 0 Å². The van der Waals surface area contributed by atoms with Crippen molar-refractivity contribution in [2.24, 2.45) is 0 Å². The number of rotatable bonds is 2. The number of nitrogens with zero attached hydrogens (tertiary/aromatic N) is 1. The van der Waals surface area contributed by atoms with Crippen molar-refractivity contribution in [1.82, 2.24) is 0 Å². The Morgan fingerprint density at radius 1 is 0.842 bits per heavy atom. The summed E-state index contributed by atoms with van der Waals surface area (Å²) in [6, 6.07) is 25.1. The number of hydrogen-bond donors (Lipinski definition) is 0. The normalized spacial score (nSPS) is 10.2. The van der Waals surface area contributed by atoms with Gasteiger partial charge in [-0.2, -0.15) is 0 Å². The number of anilines is 1. The Hall–Kier alpha value is -2.46. The van der Waals surface area contributed by atoms with Gasteiger partial charge in [-0.1, -0.05) is 48.5 Å². The first-order chi connectivity index (χ1) is 9.27. The molecule has 3 aromatic rings. The predicted octanol–water partition coefficient (Wildman–Crippen LogP) is 4.17. The summed E-state index contributed by atoms with van der Waals surface area (Å²) in [5.41, 5.74) is 3.65. The predicted molar refractivity (Wildman–Crippen MR) is 81.4 cm³/mol. The van der Waals surface area contributed by atoms with E-state index in [0.29, 0.717) is 0 Å². The van der Waals surface area contributed by atoms with Gasteiger partial charge in [-0.25, -0.2) is 0 Å². The van der Waals surface area contributed by atoms with Gasteiger partial charge in [0, 0.05) is 30.7 Å². The molecule has 0 atom stereocenters. The zero-order chi connectivity index (χ0) is 13.2. The fourth-order valence-corrected chi connectivity index (χ4v) is 2.41. The molecule has 0 unspecified atom stereocenters. The van der Waals surface area contributed by atoms with Crippen molar-refractivity contribution in [1.29, 1.82) is 0 Å². The minimum absolute atomic E-state index is 1.12. The maximum atomic E-state index is 3.24. The van der Waals surface area contributed by atoms with E-state index < -0.39 is 0 Å². The zero-order valence-electron chi connectivity index (χ0n) is 11.1. The first kappa shape index (κ1) is 11.6. The third-order valence-electron chi connectivity index (χ3n) is 3.32. The molecule has 0 spiro atoms. The molecule has 0 radical (unpaired) electrons. The van der Waals surface area contributed by atoms with Crippen molar-refractivity contribution >= 4 is 16.5 Å². The summed E-state index contributed by atoms with van der Waals surface area (Å²) in [5.74, 6) is 0. The molecular weight excluding hydrogens is 230 g/mol. The molecule has 0 N–H and O–H groups in total. The average molecular weight is 245 g/mol. The van der Waals surface area contributed by atoms with Gasteiger partial charge in [-0.15, -0.1) is 0 Å². The van der Waals surface area contributed by atoms with Crippen LogP contribution >= 0.6 is 0 Å². The molecule has 0 aliphatic heterocycles. The van der Waals surface area contributed by atoms with E-state index in [1.54, 1.807) is 0 Å². The minimum atomic E-state index is 1.12. The maximum absolute atomic E-state index is 3.24. The van der Waals surface area contributed by atoms with Crippen LogP contribution in [0.2, 0.25) is 0 Å². The van der Waals surface area contributed by atoms with Crippen molar-refractivity contribution in [3.8, 4) is 11.1 Å². The highest BCUT2D eigenvalue weighted by Gasteiger charge is 2.08. The molecule has 0 aromatic heterocycles. The lowest BCUT2D eigenvalue weighted by Crippen LogP contribution is -2.09. The summed E-state index contributed by atoms with van der Waals surface area (Å²) in [7, 11) is 4.14. The van der Waals surface area contributed by atoms with Crippen LogP contribution in [0.3, 0.4) is 0 Å². The molecule has 0 amide bonds. The highest BCUT2D eigenvalue weighted by molar-refractivity contribution is 5.98. The summed E-state index contributed by atoms with van der Waals surface area (Å²) in [5, 5.41) is 2.32. The molecule has 3 rings (SSSR count). The molecule has 1 nitrogen and oxygen atoms in total. The maximum Gasteiger partial charge on any atom is 0.0441 e. The summed E-state index contributed by atoms with van der Waals surface area (Å²) in [4.78, 5) is 2.14. The van der Waals surface area contributed by atoms with Crippen LogP contribution in [0, 0.1) is 12.1 Å². The van der Waals surface area contributed by atoms with Crippen LogP contribution in [-0.4, -0.2) is 14.1 Å². The Balaban J connectivity index is 2.31. The Morgan fingerprint density at radius 3 is 2.47 bits per heavy atom. The van der Waals surface area contributed by atoms with Crippen molar-refractivity contribution in [3.05, 3.63) is 66.7 Å². The fraction of sp³-hybridized carbons (Fsp3) is 0.111. The topological polar surface area (TPSA) is 3.24 Å². The summed E-state index contributed by atoms with van der Waals surface area (Å²) in [6.07, 6.45) is 0. The van der Waals surface area contributed by atoms with E-state index in [1.165, 1.54) is 22.2 Å². The van der Waals surface area contributed by atoms with E-state index in [-0.39, 0.29) is 0 Å². The second kappa shape index (κ2) is 4.66. The van der Waals surface area contributed by atoms with E-state index in [0.717, 1.165) is 5.39 Å². The summed E-state index contributed by atoms with van der Waals surface area (Å²) in [6.45, 7) is 0. The van der Waals surface area contributed by atoms with Crippen molar-refractivity contribution in [2.45, 2.75) is 0 Å². The minimum Gasteiger partial charge on any atom is -0.377 e. The van der Waals surface area contributed by atoms with E-state index in [2.05, 4.69) is 79.7 Å². The molecule has 3 aromatic carbocycles. The quantitative estimate of drug-likeness (QED) is 0.655. The van der Waals surface area contributed by atoms with E-state index in [1.807, 2.05) is 6.07 Å². The SMILES string of the molecule is CN(C)c1ccccc1-c1cccc2ccc#cc12. The number of para-hydroxylation sites is 1. The zero-order valence-corrected chi connectivity index (χ0v) is 11.1.